The molecule has 0 nitrogen and oxygen atoms in total. The fourth-order valence-electron chi connectivity index (χ4n) is 3.03. The van der Waals surface area contributed by atoms with Gasteiger partial charge in [0.25, 0.3) is 0 Å². The van der Waals surface area contributed by atoms with Gasteiger partial charge in [0.2, 0.25) is 0 Å². The molecule has 0 aliphatic carbocycles. The molecule has 0 bridgehead atoms. The van der Waals surface area contributed by atoms with E-state index >= 15 is 0 Å². The maximum atomic E-state index is 2.37. The molecule has 0 radical (unpaired) electrons. The molecule has 26 heavy (non-hydrogen) atoms. The van der Waals surface area contributed by atoms with Crippen LogP contribution in [0.25, 0.3) is 6.08 Å². The summed E-state index contributed by atoms with van der Waals surface area (Å²) in [5.74, 6) is 0. The Morgan fingerprint density at radius 1 is 0.577 bits per heavy atom. The second-order valence-corrected chi connectivity index (χ2v) is 7.19. The average molecular weight is 353 g/mol. The molecule has 0 saturated heterocycles. The maximum absolute atomic E-state index is 2.37. The van der Waals surface area contributed by atoms with E-state index in [9.17, 15) is 0 Å². The van der Waals surface area contributed by atoms with E-state index in [2.05, 4.69) is 73.7 Å². The lowest BCUT2D eigenvalue weighted by molar-refractivity contribution is 0.600. The second-order valence-electron chi connectivity index (χ2n) is 7.19. The Balaban J connectivity index is 1.82. The quantitative estimate of drug-likeness (QED) is 0.206. The van der Waals surface area contributed by atoms with Crippen molar-refractivity contribution in [2.24, 2.45) is 0 Å². The summed E-state index contributed by atoms with van der Waals surface area (Å²) in [6, 6.07) is 10.6. The molecular formula is C26H40. The van der Waals surface area contributed by atoms with Gasteiger partial charge in [-0.2, -0.15) is 0 Å². The molecule has 0 unspecified atom stereocenters. The van der Waals surface area contributed by atoms with E-state index in [0.717, 1.165) is 6.42 Å². The molecular weight excluding hydrogens is 312 g/mol. The van der Waals surface area contributed by atoms with Gasteiger partial charge < -0.3 is 0 Å². The van der Waals surface area contributed by atoms with Crippen LogP contribution in [0.3, 0.4) is 0 Å². The van der Waals surface area contributed by atoms with Crippen molar-refractivity contribution in [2.75, 3.05) is 0 Å². The molecule has 0 heteroatoms. The zero-order valence-corrected chi connectivity index (χ0v) is 17.0. The predicted octanol–water partition coefficient (Wildman–Crippen LogP) is 8.90. The highest BCUT2D eigenvalue weighted by Gasteiger charge is 1.90. The summed E-state index contributed by atoms with van der Waals surface area (Å²) < 4.78 is 0. The Bertz CT molecular complexity index is 478. The van der Waals surface area contributed by atoms with Gasteiger partial charge in [0.15, 0.2) is 0 Å². The Kier molecular flexibility index (Phi) is 15.8. The van der Waals surface area contributed by atoms with Crippen LogP contribution in [0.4, 0.5) is 0 Å². The fraction of sp³-hybridized carbons (Fsp3) is 0.538. The second kappa shape index (κ2) is 18.2. The van der Waals surface area contributed by atoms with E-state index in [1.54, 1.807) is 0 Å². The summed E-state index contributed by atoms with van der Waals surface area (Å²) in [6.45, 7) is 2.26. The van der Waals surface area contributed by atoms with Gasteiger partial charge in [0, 0.05) is 0 Å². The number of hydrogen-bond donors (Lipinski definition) is 0. The highest BCUT2D eigenvalue weighted by molar-refractivity contribution is 5.48. The summed E-state index contributed by atoms with van der Waals surface area (Å²) in [5.41, 5.74) is 1.31. The number of unbranched alkanes of at least 4 members (excludes halogenated alkanes) is 10. The standard InChI is InChI=1S/C26H40/c1-2-3-4-5-6-7-8-9-10-11-12-13-14-15-16-17-18-20-23-26-24-21-19-22-25-26/h6-7,9-10,19-25H,2-5,8,11-18H2,1H3. The summed E-state index contributed by atoms with van der Waals surface area (Å²) in [7, 11) is 0. The van der Waals surface area contributed by atoms with Crippen LogP contribution in [0.15, 0.2) is 60.7 Å². The van der Waals surface area contributed by atoms with E-state index in [-0.39, 0.29) is 0 Å². The summed E-state index contributed by atoms with van der Waals surface area (Å²) >= 11 is 0. The SMILES string of the molecule is CCCCCC=CCC=CCCCCCCCCC=Cc1ccccc1. The van der Waals surface area contributed by atoms with Crippen molar-refractivity contribution in [2.45, 2.75) is 90.4 Å². The first-order valence-corrected chi connectivity index (χ1v) is 10.9. The molecule has 1 aromatic rings. The van der Waals surface area contributed by atoms with E-state index in [0.29, 0.717) is 0 Å². The minimum Gasteiger partial charge on any atom is -0.0882 e. The third-order valence-corrected chi connectivity index (χ3v) is 4.68. The van der Waals surface area contributed by atoms with Crippen molar-refractivity contribution in [3.8, 4) is 0 Å². The molecule has 0 aliphatic heterocycles. The minimum atomic E-state index is 1.11. The minimum absolute atomic E-state index is 1.11. The van der Waals surface area contributed by atoms with Gasteiger partial charge in [-0.05, 0) is 50.5 Å². The lowest BCUT2D eigenvalue weighted by Gasteiger charge is -1.99. The van der Waals surface area contributed by atoms with Gasteiger partial charge in [-0.15, -0.1) is 0 Å². The Morgan fingerprint density at radius 2 is 1.12 bits per heavy atom. The molecule has 0 aliphatic rings. The van der Waals surface area contributed by atoms with Crippen LogP contribution in [-0.4, -0.2) is 0 Å². The number of benzene rings is 1. The van der Waals surface area contributed by atoms with E-state index in [4.69, 9.17) is 0 Å². The van der Waals surface area contributed by atoms with Crippen molar-refractivity contribution in [1.29, 1.82) is 0 Å². The Morgan fingerprint density at radius 3 is 1.73 bits per heavy atom. The molecule has 1 aromatic carbocycles. The monoisotopic (exact) mass is 352 g/mol. The van der Waals surface area contributed by atoms with Crippen LogP contribution in [-0.2, 0) is 0 Å². The third-order valence-electron chi connectivity index (χ3n) is 4.68. The summed E-state index contributed by atoms with van der Waals surface area (Å²) in [6.07, 6.45) is 31.0. The van der Waals surface area contributed by atoms with Crippen LogP contribution in [0.2, 0.25) is 0 Å². The molecule has 0 atom stereocenters. The van der Waals surface area contributed by atoms with Gasteiger partial charge in [0.05, 0.1) is 0 Å². The first-order valence-electron chi connectivity index (χ1n) is 10.9. The Hall–Kier alpha value is -1.56. The van der Waals surface area contributed by atoms with Crippen LogP contribution >= 0.6 is 0 Å². The van der Waals surface area contributed by atoms with Crippen molar-refractivity contribution in [3.05, 3.63) is 66.3 Å². The molecule has 0 N–H and O–H groups in total. The van der Waals surface area contributed by atoms with E-state index in [1.807, 2.05) is 0 Å². The van der Waals surface area contributed by atoms with Crippen LogP contribution < -0.4 is 0 Å². The predicted molar refractivity (Wildman–Crippen MR) is 119 cm³/mol. The third kappa shape index (κ3) is 14.8. The van der Waals surface area contributed by atoms with Crippen LogP contribution in [0.5, 0.6) is 0 Å². The normalized spacial score (nSPS) is 12.0. The molecule has 0 aromatic heterocycles. The molecule has 0 fully saturated rings. The topological polar surface area (TPSA) is 0 Å². The van der Waals surface area contributed by atoms with Crippen LogP contribution in [0, 0.1) is 0 Å². The lowest BCUT2D eigenvalue weighted by atomic mass is 10.1. The fourth-order valence-corrected chi connectivity index (χ4v) is 3.03. The first kappa shape index (κ1) is 22.5. The van der Waals surface area contributed by atoms with Crippen LogP contribution in [0.1, 0.15) is 96.0 Å². The zero-order valence-electron chi connectivity index (χ0n) is 17.0. The first-order chi connectivity index (χ1) is 12.9. The van der Waals surface area contributed by atoms with Gasteiger partial charge in [-0.25, -0.2) is 0 Å². The van der Waals surface area contributed by atoms with Gasteiger partial charge in [-0.3, -0.25) is 0 Å². The summed E-state index contributed by atoms with van der Waals surface area (Å²) in [4.78, 5) is 0. The summed E-state index contributed by atoms with van der Waals surface area (Å²) in [5, 5.41) is 0. The highest BCUT2D eigenvalue weighted by Crippen LogP contribution is 2.10. The zero-order chi connectivity index (χ0) is 18.5. The van der Waals surface area contributed by atoms with Crippen molar-refractivity contribution in [3.63, 3.8) is 0 Å². The largest absolute Gasteiger partial charge is 0.0882 e. The van der Waals surface area contributed by atoms with Gasteiger partial charge in [0.1, 0.15) is 0 Å². The molecule has 0 spiro atoms. The maximum Gasteiger partial charge on any atom is -0.0169 e. The Labute approximate surface area is 163 Å². The number of hydrogen-bond acceptors (Lipinski definition) is 0. The molecule has 0 amide bonds. The highest BCUT2D eigenvalue weighted by atomic mass is 14.0. The van der Waals surface area contributed by atoms with Gasteiger partial charge >= 0.3 is 0 Å². The molecule has 0 saturated carbocycles. The van der Waals surface area contributed by atoms with Crippen molar-refractivity contribution in [1.82, 2.24) is 0 Å². The number of allylic oxidation sites excluding steroid dienone is 5. The van der Waals surface area contributed by atoms with E-state index < -0.39 is 0 Å². The van der Waals surface area contributed by atoms with Crippen molar-refractivity contribution < 1.29 is 0 Å². The average Bonchev–Trinajstić information content (AvgIpc) is 2.68. The van der Waals surface area contributed by atoms with Crippen molar-refractivity contribution >= 4 is 6.08 Å². The number of rotatable bonds is 16. The molecule has 0 heterocycles. The van der Waals surface area contributed by atoms with Gasteiger partial charge in [-0.1, -0.05) is 112 Å². The van der Waals surface area contributed by atoms with E-state index in [1.165, 1.54) is 82.6 Å². The lowest BCUT2D eigenvalue weighted by Crippen LogP contribution is -1.79. The molecule has 144 valence electrons. The smallest absolute Gasteiger partial charge is 0.0169 e. The molecule has 1 rings (SSSR count).